The molecule has 0 heterocycles. The van der Waals surface area contributed by atoms with Crippen LogP contribution in [0.25, 0.3) is 0 Å². The van der Waals surface area contributed by atoms with E-state index in [1.165, 1.54) is 30.4 Å². The van der Waals surface area contributed by atoms with Crippen molar-refractivity contribution in [3.8, 4) is 5.75 Å². The second-order valence-electron chi connectivity index (χ2n) is 6.11. The Hall–Kier alpha value is -1.31. The third-order valence-corrected chi connectivity index (χ3v) is 3.94. The Bertz CT molecular complexity index is 473. The van der Waals surface area contributed by atoms with Crippen LogP contribution in [-0.2, 0) is 0 Å². The molecule has 1 fully saturated rings. The molecule has 2 heteroatoms. The highest BCUT2D eigenvalue weighted by Crippen LogP contribution is 2.37. The molecule has 2 rings (SSSR count). The summed E-state index contributed by atoms with van der Waals surface area (Å²) in [5, 5.41) is 0. The maximum Gasteiger partial charge on any atom is 0.145 e. The molecule has 1 aromatic rings. The summed E-state index contributed by atoms with van der Waals surface area (Å²) in [6.45, 7) is 8.76. The third-order valence-electron chi connectivity index (χ3n) is 3.94. The Balaban J connectivity index is 2.30. The van der Waals surface area contributed by atoms with Gasteiger partial charge in [0.15, 0.2) is 0 Å². The quantitative estimate of drug-likeness (QED) is 0.622. The summed E-state index contributed by atoms with van der Waals surface area (Å²) in [5.41, 5.74) is 3.58. The lowest BCUT2D eigenvalue weighted by atomic mass is 9.95. The lowest BCUT2D eigenvalue weighted by Gasteiger charge is -2.28. The number of benzene rings is 1. The van der Waals surface area contributed by atoms with Crippen LogP contribution in [0, 0.1) is 6.92 Å². The highest BCUT2D eigenvalue weighted by Gasteiger charge is 2.21. The van der Waals surface area contributed by atoms with Crippen LogP contribution in [0.5, 0.6) is 5.75 Å². The Morgan fingerprint density at radius 2 is 2.10 bits per heavy atom. The summed E-state index contributed by atoms with van der Waals surface area (Å²) < 4.78 is 6.17. The fourth-order valence-electron chi connectivity index (χ4n) is 2.32. The minimum absolute atomic E-state index is 0.400. The Morgan fingerprint density at radius 3 is 2.65 bits per heavy atom. The molecule has 0 radical (unpaired) electrons. The van der Waals surface area contributed by atoms with Crippen LogP contribution in [0.4, 0.5) is 5.69 Å². The minimum Gasteiger partial charge on any atom is -0.488 e. The van der Waals surface area contributed by atoms with E-state index < -0.39 is 0 Å². The van der Waals surface area contributed by atoms with Crippen LogP contribution in [0.3, 0.4) is 0 Å². The van der Waals surface area contributed by atoms with E-state index >= 15 is 0 Å². The van der Waals surface area contributed by atoms with Gasteiger partial charge in [0.2, 0.25) is 0 Å². The molecule has 2 nitrogen and oxygen atoms in total. The Kier molecular flexibility index (Phi) is 5.22. The van der Waals surface area contributed by atoms with Crippen molar-refractivity contribution >= 4 is 11.9 Å². The molecule has 0 aliphatic heterocycles. The van der Waals surface area contributed by atoms with E-state index in [9.17, 15) is 0 Å². The molecule has 1 aromatic carbocycles. The second kappa shape index (κ2) is 6.92. The molecule has 20 heavy (non-hydrogen) atoms. The van der Waals surface area contributed by atoms with Crippen LogP contribution < -0.4 is 4.74 Å². The van der Waals surface area contributed by atoms with E-state index in [0.717, 1.165) is 24.3 Å². The van der Waals surface area contributed by atoms with Crippen molar-refractivity contribution < 1.29 is 4.74 Å². The number of hydrogen-bond donors (Lipinski definition) is 0. The number of aliphatic imine (C=N–C) groups is 1. The number of nitrogens with zero attached hydrogens (tertiary/aromatic N) is 1. The first-order valence-corrected chi connectivity index (χ1v) is 7.95. The maximum absolute atomic E-state index is 6.17. The molecular weight excluding hydrogens is 246 g/mol. The average Bonchev–Trinajstić information content (AvgIpc) is 2.36. The fraction of sp³-hybridized carbons (Fsp3) is 0.611. The van der Waals surface area contributed by atoms with Crippen LogP contribution in [0.1, 0.15) is 69.9 Å². The first-order valence-electron chi connectivity index (χ1n) is 7.95. The van der Waals surface area contributed by atoms with Crippen LogP contribution in [-0.4, -0.2) is 12.3 Å². The molecule has 0 aromatic heterocycles. The van der Waals surface area contributed by atoms with E-state index in [-0.39, 0.29) is 0 Å². The first kappa shape index (κ1) is 15.1. The van der Waals surface area contributed by atoms with E-state index in [4.69, 9.17) is 4.74 Å². The molecule has 0 atom stereocenters. The fourth-order valence-corrected chi connectivity index (χ4v) is 2.32. The summed E-state index contributed by atoms with van der Waals surface area (Å²) in [6, 6.07) is 4.44. The van der Waals surface area contributed by atoms with Gasteiger partial charge >= 0.3 is 0 Å². The van der Waals surface area contributed by atoms with Crippen LogP contribution in [0.2, 0.25) is 0 Å². The molecular formula is C18H27NO. The predicted octanol–water partition coefficient (Wildman–Crippen LogP) is 5.55. The lowest BCUT2D eigenvalue weighted by Crippen LogP contribution is -2.24. The lowest BCUT2D eigenvalue weighted by molar-refractivity contribution is 0.121. The van der Waals surface area contributed by atoms with E-state index in [1.807, 2.05) is 6.21 Å². The van der Waals surface area contributed by atoms with Crippen LogP contribution in [0.15, 0.2) is 17.1 Å². The average molecular weight is 273 g/mol. The number of hydrogen-bond acceptors (Lipinski definition) is 2. The molecule has 1 saturated carbocycles. The highest BCUT2D eigenvalue weighted by atomic mass is 16.5. The SMILES string of the molecule is CCCC=Nc1c(C)cc(C(C)C)cc1OC1CCC1. The van der Waals surface area contributed by atoms with Gasteiger partial charge in [-0.1, -0.05) is 33.3 Å². The minimum atomic E-state index is 0.400. The molecule has 0 saturated heterocycles. The number of unbranched alkanes of at least 4 members (excludes halogenated alkanes) is 1. The summed E-state index contributed by atoms with van der Waals surface area (Å²) in [5.74, 6) is 1.50. The monoisotopic (exact) mass is 273 g/mol. The van der Waals surface area contributed by atoms with E-state index in [1.54, 1.807) is 0 Å². The van der Waals surface area contributed by atoms with Crippen molar-refractivity contribution in [1.82, 2.24) is 0 Å². The van der Waals surface area contributed by atoms with Gasteiger partial charge in [0.1, 0.15) is 11.4 Å². The molecule has 0 amide bonds. The van der Waals surface area contributed by atoms with Crippen molar-refractivity contribution in [2.45, 2.75) is 71.8 Å². The Labute approximate surface area is 123 Å². The summed E-state index contributed by atoms with van der Waals surface area (Å²) in [4.78, 5) is 4.66. The van der Waals surface area contributed by atoms with Crippen molar-refractivity contribution in [1.29, 1.82) is 0 Å². The maximum atomic E-state index is 6.17. The van der Waals surface area contributed by atoms with Gasteiger partial charge in [-0.2, -0.15) is 0 Å². The van der Waals surface area contributed by atoms with Crippen LogP contribution >= 0.6 is 0 Å². The van der Waals surface area contributed by atoms with Gasteiger partial charge in [0.25, 0.3) is 0 Å². The molecule has 0 bridgehead atoms. The van der Waals surface area contributed by atoms with Gasteiger partial charge < -0.3 is 4.74 Å². The van der Waals surface area contributed by atoms with Crippen molar-refractivity contribution in [3.63, 3.8) is 0 Å². The summed E-state index contributed by atoms with van der Waals surface area (Å²) in [6.07, 6.45) is 8.23. The molecule has 0 N–H and O–H groups in total. The number of ether oxygens (including phenoxy) is 1. The van der Waals surface area contributed by atoms with Gasteiger partial charge in [-0.15, -0.1) is 0 Å². The van der Waals surface area contributed by atoms with E-state index in [0.29, 0.717) is 12.0 Å². The van der Waals surface area contributed by atoms with Gasteiger partial charge in [0, 0.05) is 6.21 Å². The second-order valence-corrected chi connectivity index (χ2v) is 6.11. The van der Waals surface area contributed by atoms with Crippen molar-refractivity contribution in [2.75, 3.05) is 0 Å². The van der Waals surface area contributed by atoms with Crippen molar-refractivity contribution in [3.05, 3.63) is 23.3 Å². The highest BCUT2D eigenvalue weighted by molar-refractivity contribution is 5.69. The largest absolute Gasteiger partial charge is 0.488 e. The molecule has 1 aliphatic rings. The number of rotatable bonds is 6. The summed E-state index contributed by atoms with van der Waals surface area (Å²) in [7, 11) is 0. The first-order chi connectivity index (χ1) is 9.61. The molecule has 1 aliphatic carbocycles. The van der Waals surface area contributed by atoms with Gasteiger partial charge in [0.05, 0.1) is 6.10 Å². The molecule has 0 spiro atoms. The Morgan fingerprint density at radius 1 is 1.35 bits per heavy atom. The van der Waals surface area contributed by atoms with E-state index in [2.05, 4.69) is 44.8 Å². The number of aryl methyl sites for hydroxylation is 1. The summed E-state index contributed by atoms with van der Waals surface area (Å²) >= 11 is 0. The van der Waals surface area contributed by atoms with Crippen molar-refractivity contribution in [2.24, 2.45) is 4.99 Å². The normalized spacial score (nSPS) is 15.8. The van der Waals surface area contributed by atoms with Gasteiger partial charge in [-0.3, -0.25) is 4.99 Å². The zero-order valence-corrected chi connectivity index (χ0v) is 13.3. The molecule has 0 unspecified atom stereocenters. The van der Waals surface area contributed by atoms with Gasteiger partial charge in [-0.25, -0.2) is 0 Å². The third kappa shape index (κ3) is 3.62. The zero-order chi connectivity index (χ0) is 14.5. The topological polar surface area (TPSA) is 21.6 Å². The smallest absolute Gasteiger partial charge is 0.145 e. The standard InChI is InChI=1S/C18H27NO/c1-5-6-10-19-18-14(4)11-15(13(2)3)12-17(18)20-16-8-7-9-16/h10-13,16H,5-9H2,1-4H3. The molecule has 110 valence electrons. The van der Waals surface area contributed by atoms with Gasteiger partial charge in [-0.05, 0) is 55.7 Å². The zero-order valence-electron chi connectivity index (χ0n) is 13.3. The predicted molar refractivity (Wildman–Crippen MR) is 86.6 cm³/mol.